The van der Waals surface area contributed by atoms with Crippen molar-refractivity contribution in [2.75, 3.05) is 5.32 Å². The lowest BCUT2D eigenvalue weighted by molar-refractivity contribution is 0.0916. The minimum absolute atomic E-state index is 0.0366. The van der Waals surface area contributed by atoms with Crippen molar-refractivity contribution in [3.63, 3.8) is 0 Å². The molecule has 3 rings (SSSR count). The van der Waals surface area contributed by atoms with E-state index < -0.39 is 0 Å². The first-order chi connectivity index (χ1) is 9.53. The summed E-state index contributed by atoms with van der Waals surface area (Å²) in [5.41, 5.74) is 2.22. The molecular weight excluding hydrogens is 268 g/mol. The van der Waals surface area contributed by atoms with Crippen LogP contribution in [-0.2, 0) is 13.0 Å². The van der Waals surface area contributed by atoms with Crippen LogP contribution in [0.1, 0.15) is 41.2 Å². The number of rotatable bonds is 3. The van der Waals surface area contributed by atoms with Gasteiger partial charge in [0.15, 0.2) is 10.9 Å². The first kappa shape index (κ1) is 13.3. The number of hydrogen-bond acceptors (Lipinski definition) is 4. The molecule has 1 heterocycles. The van der Waals surface area contributed by atoms with Crippen molar-refractivity contribution in [3.05, 3.63) is 46.5 Å². The molecule has 2 aromatic rings. The van der Waals surface area contributed by atoms with Gasteiger partial charge in [0.2, 0.25) is 0 Å². The Kier molecular flexibility index (Phi) is 3.34. The van der Waals surface area contributed by atoms with Gasteiger partial charge in [0.25, 0.3) is 0 Å². The molecule has 104 valence electrons. The molecule has 1 aromatic carbocycles. The topological polar surface area (TPSA) is 42.0 Å². The van der Waals surface area contributed by atoms with E-state index in [0.717, 1.165) is 28.7 Å². The Labute approximate surface area is 123 Å². The van der Waals surface area contributed by atoms with Crippen molar-refractivity contribution in [1.29, 1.82) is 0 Å². The van der Waals surface area contributed by atoms with Crippen LogP contribution in [0.3, 0.4) is 0 Å². The Balaban J connectivity index is 1.75. The molecule has 1 aliphatic rings. The molecule has 0 radical (unpaired) electrons. The maximum atomic E-state index is 12.1. The second-order valence-electron chi connectivity index (χ2n) is 6.07. The number of carbonyl (C=O) groups is 1. The highest BCUT2D eigenvalue weighted by molar-refractivity contribution is 7.17. The van der Waals surface area contributed by atoms with Gasteiger partial charge in [-0.25, -0.2) is 4.98 Å². The number of ketones is 1. The molecule has 1 aromatic heterocycles. The summed E-state index contributed by atoms with van der Waals surface area (Å²) in [5.74, 6) is 0.238. The zero-order valence-electron chi connectivity index (χ0n) is 11.8. The van der Waals surface area contributed by atoms with Crippen LogP contribution >= 0.6 is 11.3 Å². The van der Waals surface area contributed by atoms with E-state index in [1.807, 2.05) is 18.2 Å². The first-order valence-corrected chi connectivity index (χ1v) is 7.66. The van der Waals surface area contributed by atoms with Crippen LogP contribution in [0.5, 0.6) is 0 Å². The lowest BCUT2D eigenvalue weighted by Gasteiger charge is -2.26. The fraction of sp³-hybridized carbons (Fsp3) is 0.375. The summed E-state index contributed by atoms with van der Waals surface area (Å²) >= 11 is 1.49. The molecule has 0 aliphatic heterocycles. The minimum atomic E-state index is 0.0366. The minimum Gasteiger partial charge on any atom is -0.357 e. The quantitative estimate of drug-likeness (QED) is 0.930. The number of aromatic nitrogens is 1. The SMILES string of the molecule is CC1(C)CC(=O)c2sc(NCc3ccccc3)nc2C1. The molecule has 0 spiro atoms. The summed E-state index contributed by atoms with van der Waals surface area (Å²) in [6.45, 7) is 5.00. The predicted molar refractivity (Wildman–Crippen MR) is 82.3 cm³/mol. The molecule has 0 saturated heterocycles. The van der Waals surface area contributed by atoms with Gasteiger partial charge in [0.1, 0.15) is 0 Å². The summed E-state index contributed by atoms with van der Waals surface area (Å²) in [5, 5.41) is 4.17. The van der Waals surface area contributed by atoms with Gasteiger partial charge in [-0.2, -0.15) is 0 Å². The lowest BCUT2D eigenvalue weighted by Crippen LogP contribution is -2.25. The Morgan fingerprint density at radius 2 is 2.00 bits per heavy atom. The van der Waals surface area contributed by atoms with Gasteiger partial charge in [-0.3, -0.25) is 4.79 Å². The zero-order chi connectivity index (χ0) is 14.2. The average Bonchev–Trinajstić information content (AvgIpc) is 2.79. The van der Waals surface area contributed by atoms with Crippen molar-refractivity contribution in [3.8, 4) is 0 Å². The third-order valence-corrected chi connectivity index (χ3v) is 4.62. The summed E-state index contributed by atoms with van der Waals surface area (Å²) in [6.07, 6.45) is 1.51. The van der Waals surface area contributed by atoms with Crippen LogP contribution in [-0.4, -0.2) is 10.8 Å². The molecular formula is C16H18N2OS. The predicted octanol–water partition coefficient (Wildman–Crippen LogP) is 3.91. The molecule has 3 nitrogen and oxygen atoms in total. The summed E-state index contributed by atoms with van der Waals surface area (Å²) in [4.78, 5) is 17.6. The second-order valence-corrected chi connectivity index (χ2v) is 7.07. The van der Waals surface area contributed by atoms with Gasteiger partial charge in [-0.15, -0.1) is 0 Å². The van der Waals surface area contributed by atoms with Crippen LogP contribution < -0.4 is 5.32 Å². The molecule has 0 amide bonds. The molecule has 0 fully saturated rings. The highest BCUT2D eigenvalue weighted by atomic mass is 32.1. The molecule has 0 unspecified atom stereocenters. The summed E-state index contributed by atoms with van der Waals surface area (Å²) in [6, 6.07) is 10.2. The zero-order valence-corrected chi connectivity index (χ0v) is 12.6. The van der Waals surface area contributed by atoms with Crippen molar-refractivity contribution < 1.29 is 4.79 Å². The number of thiazole rings is 1. The molecule has 0 saturated carbocycles. The van der Waals surface area contributed by atoms with E-state index in [0.29, 0.717) is 6.42 Å². The van der Waals surface area contributed by atoms with E-state index in [-0.39, 0.29) is 11.2 Å². The van der Waals surface area contributed by atoms with Crippen molar-refractivity contribution in [2.24, 2.45) is 5.41 Å². The van der Waals surface area contributed by atoms with Gasteiger partial charge in [-0.1, -0.05) is 55.5 Å². The van der Waals surface area contributed by atoms with Crippen LogP contribution in [0.25, 0.3) is 0 Å². The van der Waals surface area contributed by atoms with E-state index in [1.165, 1.54) is 16.9 Å². The van der Waals surface area contributed by atoms with E-state index in [4.69, 9.17) is 0 Å². The Morgan fingerprint density at radius 3 is 2.75 bits per heavy atom. The Morgan fingerprint density at radius 1 is 1.25 bits per heavy atom. The van der Waals surface area contributed by atoms with Gasteiger partial charge < -0.3 is 5.32 Å². The standard InChI is InChI=1S/C16H18N2OS/c1-16(2)8-12-14(13(19)9-16)20-15(18-12)17-10-11-6-4-3-5-7-11/h3-7H,8-10H2,1-2H3,(H,17,18). The summed E-state index contributed by atoms with van der Waals surface area (Å²) < 4.78 is 0. The molecule has 0 atom stereocenters. The largest absolute Gasteiger partial charge is 0.357 e. The number of nitrogens with zero attached hydrogens (tertiary/aromatic N) is 1. The average molecular weight is 286 g/mol. The van der Waals surface area contributed by atoms with Crippen LogP contribution in [0, 0.1) is 5.41 Å². The van der Waals surface area contributed by atoms with Gasteiger partial charge in [0.05, 0.1) is 10.6 Å². The molecule has 20 heavy (non-hydrogen) atoms. The van der Waals surface area contributed by atoms with Crippen molar-refractivity contribution in [1.82, 2.24) is 4.98 Å². The number of benzene rings is 1. The van der Waals surface area contributed by atoms with E-state index in [2.05, 4.69) is 36.3 Å². The number of hydrogen-bond donors (Lipinski definition) is 1. The first-order valence-electron chi connectivity index (χ1n) is 6.84. The molecule has 4 heteroatoms. The number of fused-ring (bicyclic) bond motifs is 1. The van der Waals surface area contributed by atoms with Crippen molar-refractivity contribution >= 4 is 22.3 Å². The summed E-state index contributed by atoms with van der Waals surface area (Å²) in [7, 11) is 0. The second kappa shape index (κ2) is 5.02. The number of anilines is 1. The van der Waals surface area contributed by atoms with E-state index in [9.17, 15) is 4.79 Å². The van der Waals surface area contributed by atoms with Crippen LogP contribution in [0.4, 0.5) is 5.13 Å². The van der Waals surface area contributed by atoms with Gasteiger partial charge in [-0.05, 0) is 17.4 Å². The van der Waals surface area contributed by atoms with Crippen LogP contribution in [0.15, 0.2) is 30.3 Å². The molecule has 1 aliphatic carbocycles. The smallest absolute Gasteiger partial charge is 0.183 e. The van der Waals surface area contributed by atoms with Gasteiger partial charge in [0, 0.05) is 13.0 Å². The molecule has 1 N–H and O–H groups in total. The fourth-order valence-corrected chi connectivity index (χ4v) is 3.48. The van der Waals surface area contributed by atoms with Crippen molar-refractivity contribution in [2.45, 2.75) is 33.2 Å². The lowest BCUT2D eigenvalue weighted by atomic mass is 9.78. The normalized spacial score (nSPS) is 16.8. The third kappa shape index (κ3) is 2.75. The number of carbonyl (C=O) groups excluding carboxylic acids is 1. The Hall–Kier alpha value is -1.68. The van der Waals surface area contributed by atoms with E-state index in [1.54, 1.807) is 0 Å². The molecule has 0 bridgehead atoms. The maximum absolute atomic E-state index is 12.1. The maximum Gasteiger partial charge on any atom is 0.183 e. The highest BCUT2D eigenvalue weighted by Crippen LogP contribution is 2.38. The fourth-order valence-electron chi connectivity index (χ4n) is 2.57. The third-order valence-electron chi connectivity index (χ3n) is 3.52. The van der Waals surface area contributed by atoms with E-state index >= 15 is 0 Å². The number of nitrogens with one attached hydrogen (secondary N) is 1. The monoisotopic (exact) mass is 286 g/mol. The van der Waals surface area contributed by atoms with Crippen LogP contribution in [0.2, 0.25) is 0 Å². The Bertz CT molecular complexity index is 631. The number of Topliss-reactive ketones (excluding diaryl/α,β-unsaturated/α-hetero) is 1. The highest BCUT2D eigenvalue weighted by Gasteiger charge is 2.33. The van der Waals surface area contributed by atoms with Gasteiger partial charge >= 0.3 is 0 Å².